The Balaban J connectivity index is 2.89. The van der Waals surface area contributed by atoms with Crippen LogP contribution in [0, 0.1) is 11.3 Å². The highest BCUT2D eigenvalue weighted by Gasteiger charge is 2.15. The van der Waals surface area contributed by atoms with Gasteiger partial charge in [0.1, 0.15) is 17.4 Å². The van der Waals surface area contributed by atoms with Crippen molar-refractivity contribution in [2.75, 3.05) is 25.5 Å². The second-order valence-corrected chi connectivity index (χ2v) is 4.33. The Bertz CT molecular complexity index is 605. The highest BCUT2D eigenvalue weighted by atomic mass is 16.5. The van der Waals surface area contributed by atoms with Gasteiger partial charge in [0.2, 0.25) is 0 Å². The Morgan fingerprint density at radius 1 is 1.41 bits per heavy atom. The Hall–Kier alpha value is -3.00. The summed E-state index contributed by atoms with van der Waals surface area (Å²) in [6.07, 6.45) is 4.59. The summed E-state index contributed by atoms with van der Waals surface area (Å²) in [7, 11) is 1.57. The maximum atomic E-state index is 12.3. The molecule has 5 heteroatoms. The predicted octanol–water partition coefficient (Wildman–Crippen LogP) is 2.72. The number of methoxy groups -OCH3 is 1. The van der Waals surface area contributed by atoms with E-state index in [2.05, 4.69) is 18.5 Å². The summed E-state index contributed by atoms with van der Waals surface area (Å²) in [4.78, 5) is 13.7. The van der Waals surface area contributed by atoms with Crippen LogP contribution in [-0.2, 0) is 4.79 Å². The number of anilines is 1. The van der Waals surface area contributed by atoms with E-state index in [1.165, 1.54) is 11.1 Å². The van der Waals surface area contributed by atoms with E-state index in [0.717, 1.165) is 5.69 Å². The zero-order valence-corrected chi connectivity index (χ0v) is 12.6. The number of nitrogens with one attached hydrogen (secondary N) is 1. The minimum Gasteiger partial charge on any atom is -0.497 e. The molecule has 0 aliphatic heterocycles. The van der Waals surface area contributed by atoms with Crippen LogP contribution < -0.4 is 10.1 Å². The van der Waals surface area contributed by atoms with Crippen LogP contribution in [-0.4, -0.2) is 31.0 Å². The molecule has 0 saturated carbocycles. The molecule has 1 aromatic rings. The zero-order valence-electron chi connectivity index (χ0n) is 12.6. The van der Waals surface area contributed by atoms with Crippen molar-refractivity contribution in [3.05, 3.63) is 61.3 Å². The maximum Gasteiger partial charge on any atom is 0.266 e. The number of hydrogen-bond donors (Lipinski definition) is 1. The summed E-state index contributed by atoms with van der Waals surface area (Å²) < 4.78 is 5.11. The van der Waals surface area contributed by atoms with Gasteiger partial charge in [-0.3, -0.25) is 4.79 Å². The molecule has 0 spiro atoms. The third-order valence-electron chi connectivity index (χ3n) is 2.79. The molecule has 1 aromatic carbocycles. The average molecular weight is 297 g/mol. The molecule has 0 heterocycles. The molecule has 114 valence electrons. The van der Waals surface area contributed by atoms with Crippen molar-refractivity contribution in [1.29, 1.82) is 5.26 Å². The van der Waals surface area contributed by atoms with E-state index >= 15 is 0 Å². The molecule has 22 heavy (non-hydrogen) atoms. The first-order chi connectivity index (χ1) is 10.7. The van der Waals surface area contributed by atoms with Crippen molar-refractivity contribution in [2.45, 2.75) is 0 Å². The molecule has 1 N–H and O–H groups in total. The van der Waals surface area contributed by atoms with Gasteiger partial charge in [0.25, 0.3) is 5.91 Å². The molecule has 1 amide bonds. The monoisotopic (exact) mass is 297 g/mol. The SMILES string of the molecule is C=CCN(CC=C)C(=O)/C(C#N)=C\Nc1cccc(OC)c1. The number of rotatable bonds is 8. The lowest BCUT2D eigenvalue weighted by atomic mass is 10.2. The van der Waals surface area contributed by atoms with Crippen LogP contribution in [0.4, 0.5) is 5.69 Å². The van der Waals surface area contributed by atoms with Gasteiger partial charge in [-0.2, -0.15) is 5.26 Å². The zero-order chi connectivity index (χ0) is 16.4. The second kappa shape index (κ2) is 9.03. The highest BCUT2D eigenvalue weighted by molar-refractivity contribution is 5.97. The number of carbonyl (C=O) groups excluding carboxylic acids is 1. The molecule has 0 saturated heterocycles. The molecule has 0 aliphatic rings. The minimum atomic E-state index is -0.377. The van der Waals surface area contributed by atoms with Crippen LogP contribution in [0.5, 0.6) is 5.75 Å². The van der Waals surface area contributed by atoms with E-state index in [1.807, 2.05) is 18.2 Å². The third-order valence-corrected chi connectivity index (χ3v) is 2.79. The van der Waals surface area contributed by atoms with E-state index in [0.29, 0.717) is 18.8 Å². The van der Waals surface area contributed by atoms with E-state index in [-0.39, 0.29) is 11.5 Å². The molecular formula is C17H19N3O2. The summed E-state index contributed by atoms with van der Waals surface area (Å²) in [6, 6.07) is 9.10. The van der Waals surface area contributed by atoms with Crippen molar-refractivity contribution < 1.29 is 9.53 Å². The fourth-order valence-electron chi connectivity index (χ4n) is 1.73. The first-order valence-corrected chi connectivity index (χ1v) is 6.68. The van der Waals surface area contributed by atoms with E-state index in [4.69, 9.17) is 4.74 Å². The van der Waals surface area contributed by atoms with Gasteiger partial charge < -0.3 is 15.0 Å². The van der Waals surface area contributed by atoms with Crippen molar-refractivity contribution in [3.8, 4) is 11.8 Å². The summed E-state index contributed by atoms with van der Waals surface area (Å²) in [5.74, 6) is 0.306. The Labute approximate surface area is 130 Å². The van der Waals surface area contributed by atoms with Crippen LogP contribution in [0.25, 0.3) is 0 Å². The number of nitrogens with zero attached hydrogens (tertiary/aromatic N) is 2. The van der Waals surface area contributed by atoms with Gasteiger partial charge in [-0.25, -0.2) is 0 Å². The van der Waals surface area contributed by atoms with Crippen molar-refractivity contribution in [1.82, 2.24) is 4.90 Å². The van der Waals surface area contributed by atoms with Gasteiger partial charge in [0, 0.05) is 31.0 Å². The van der Waals surface area contributed by atoms with Crippen molar-refractivity contribution in [3.63, 3.8) is 0 Å². The summed E-state index contributed by atoms with van der Waals surface area (Å²) >= 11 is 0. The first-order valence-electron chi connectivity index (χ1n) is 6.68. The molecule has 0 atom stereocenters. The Morgan fingerprint density at radius 3 is 2.64 bits per heavy atom. The number of ether oxygens (including phenoxy) is 1. The lowest BCUT2D eigenvalue weighted by molar-refractivity contribution is -0.125. The lowest BCUT2D eigenvalue weighted by Crippen LogP contribution is -2.32. The van der Waals surface area contributed by atoms with Gasteiger partial charge in [0.15, 0.2) is 0 Å². The minimum absolute atomic E-state index is 0.00604. The van der Waals surface area contributed by atoms with E-state index in [1.54, 1.807) is 31.4 Å². The molecule has 0 bridgehead atoms. The number of hydrogen-bond acceptors (Lipinski definition) is 4. The van der Waals surface area contributed by atoms with Crippen LogP contribution in [0.1, 0.15) is 0 Å². The van der Waals surface area contributed by atoms with Crippen LogP contribution in [0.2, 0.25) is 0 Å². The van der Waals surface area contributed by atoms with Crippen molar-refractivity contribution >= 4 is 11.6 Å². The van der Waals surface area contributed by atoms with Crippen LogP contribution in [0.3, 0.4) is 0 Å². The second-order valence-electron chi connectivity index (χ2n) is 4.33. The summed E-state index contributed by atoms with van der Waals surface area (Å²) in [5, 5.41) is 12.1. The largest absolute Gasteiger partial charge is 0.497 e. The van der Waals surface area contributed by atoms with E-state index in [9.17, 15) is 10.1 Å². The number of benzene rings is 1. The fourth-order valence-corrected chi connectivity index (χ4v) is 1.73. The summed E-state index contributed by atoms with van der Waals surface area (Å²) in [6.45, 7) is 7.91. The molecule has 5 nitrogen and oxygen atoms in total. The molecule has 0 fully saturated rings. The number of amides is 1. The molecule has 0 aliphatic carbocycles. The smallest absolute Gasteiger partial charge is 0.266 e. The molecule has 1 rings (SSSR count). The van der Waals surface area contributed by atoms with Gasteiger partial charge in [-0.1, -0.05) is 18.2 Å². The topological polar surface area (TPSA) is 65.4 Å². The normalized spacial score (nSPS) is 10.3. The number of nitriles is 1. The van der Waals surface area contributed by atoms with E-state index < -0.39 is 0 Å². The van der Waals surface area contributed by atoms with Gasteiger partial charge in [-0.15, -0.1) is 13.2 Å². The van der Waals surface area contributed by atoms with Gasteiger partial charge in [0.05, 0.1) is 7.11 Å². The highest BCUT2D eigenvalue weighted by Crippen LogP contribution is 2.17. The number of carbonyl (C=O) groups is 1. The Morgan fingerprint density at radius 2 is 2.09 bits per heavy atom. The van der Waals surface area contributed by atoms with Crippen LogP contribution in [0.15, 0.2) is 61.3 Å². The Kier molecular flexibility index (Phi) is 7.00. The molecule has 0 aromatic heterocycles. The lowest BCUT2D eigenvalue weighted by Gasteiger charge is -2.18. The standard InChI is InChI=1S/C17H19N3O2/c1-4-9-20(10-5-2)17(21)14(12-18)13-19-15-7-6-8-16(11-15)22-3/h4-8,11,13,19H,1-2,9-10H2,3H3/b14-13-. The molecule has 0 unspecified atom stereocenters. The molecular weight excluding hydrogens is 278 g/mol. The molecule has 0 radical (unpaired) electrons. The first kappa shape index (κ1) is 17.1. The maximum absolute atomic E-state index is 12.3. The third kappa shape index (κ3) is 4.84. The van der Waals surface area contributed by atoms with Gasteiger partial charge in [-0.05, 0) is 12.1 Å². The van der Waals surface area contributed by atoms with Crippen LogP contribution >= 0.6 is 0 Å². The summed E-state index contributed by atoms with van der Waals surface area (Å²) in [5.41, 5.74) is 0.727. The quantitative estimate of drug-likeness (QED) is 0.455. The fraction of sp³-hybridized carbons (Fsp3) is 0.176. The average Bonchev–Trinajstić information content (AvgIpc) is 2.55. The predicted molar refractivity (Wildman–Crippen MR) is 87.3 cm³/mol. The van der Waals surface area contributed by atoms with Gasteiger partial charge >= 0.3 is 0 Å². The van der Waals surface area contributed by atoms with Crippen molar-refractivity contribution in [2.24, 2.45) is 0 Å².